The van der Waals surface area contributed by atoms with Gasteiger partial charge in [0.1, 0.15) is 0 Å². The van der Waals surface area contributed by atoms with Gasteiger partial charge in [0, 0.05) is 17.1 Å². The lowest BCUT2D eigenvalue weighted by molar-refractivity contribution is -0.133. The standard InChI is InChI=1S/C12H11ClN2O3S2/c1-7(8-2-3-9(13)20-8)15-5-4-10(16)14-12(15)19-6-11(17)18/h2-5,7H,6H2,1H3,(H,17,18). The quantitative estimate of drug-likeness (QED) is 0.674. The molecule has 0 aliphatic carbocycles. The molecule has 1 N–H and O–H groups in total. The van der Waals surface area contributed by atoms with E-state index >= 15 is 0 Å². The molecule has 2 aromatic rings. The van der Waals surface area contributed by atoms with Gasteiger partial charge >= 0.3 is 5.97 Å². The first-order chi connectivity index (χ1) is 9.47. The van der Waals surface area contributed by atoms with Crippen LogP contribution in [0.15, 0.2) is 34.3 Å². The van der Waals surface area contributed by atoms with Crippen molar-refractivity contribution in [3.63, 3.8) is 0 Å². The van der Waals surface area contributed by atoms with Crippen LogP contribution in [0.3, 0.4) is 0 Å². The SMILES string of the molecule is CC(c1ccc(Cl)s1)n1ccc(=O)nc1SCC(=O)O. The molecular formula is C12H11ClN2O3S2. The van der Waals surface area contributed by atoms with Gasteiger partial charge in [0.2, 0.25) is 0 Å². The molecule has 0 spiro atoms. The number of thioether (sulfide) groups is 1. The Morgan fingerprint density at radius 2 is 2.30 bits per heavy atom. The molecule has 0 amide bonds. The summed E-state index contributed by atoms with van der Waals surface area (Å²) < 4.78 is 2.46. The molecule has 0 aliphatic rings. The Morgan fingerprint density at radius 3 is 2.90 bits per heavy atom. The molecule has 1 unspecified atom stereocenters. The van der Waals surface area contributed by atoms with Crippen LogP contribution in [-0.4, -0.2) is 26.4 Å². The predicted molar refractivity (Wildman–Crippen MR) is 80.0 cm³/mol. The van der Waals surface area contributed by atoms with Crippen LogP contribution in [0.4, 0.5) is 0 Å². The van der Waals surface area contributed by atoms with Gasteiger partial charge in [0.05, 0.1) is 16.1 Å². The number of hydrogen-bond donors (Lipinski definition) is 1. The zero-order valence-corrected chi connectivity index (χ0v) is 12.8. The maximum absolute atomic E-state index is 11.3. The number of aromatic nitrogens is 2. The fraction of sp³-hybridized carbons (Fsp3) is 0.250. The van der Waals surface area contributed by atoms with E-state index in [0.29, 0.717) is 9.49 Å². The summed E-state index contributed by atoms with van der Waals surface area (Å²) in [5, 5.41) is 9.13. The lowest BCUT2D eigenvalue weighted by Gasteiger charge is -2.17. The number of thiophene rings is 1. The van der Waals surface area contributed by atoms with Gasteiger partial charge in [-0.1, -0.05) is 23.4 Å². The monoisotopic (exact) mass is 330 g/mol. The minimum atomic E-state index is -0.952. The maximum atomic E-state index is 11.3. The third kappa shape index (κ3) is 3.62. The fourth-order valence-corrected chi connectivity index (χ4v) is 3.50. The van der Waals surface area contributed by atoms with Crippen LogP contribution in [0.5, 0.6) is 0 Å². The highest BCUT2D eigenvalue weighted by Gasteiger charge is 2.15. The molecule has 0 saturated carbocycles. The normalized spacial score (nSPS) is 12.3. The highest BCUT2D eigenvalue weighted by molar-refractivity contribution is 7.99. The second-order valence-corrected chi connectivity index (χ2v) is 6.65. The number of nitrogens with zero attached hydrogens (tertiary/aromatic N) is 2. The van der Waals surface area contributed by atoms with Crippen LogP contribution in [0.2, 0.25) is 4.34 Å². The van der Waals surface area contributed by atoms with E-state index in [1.807, 2.05) is 13.0 Å². The van der Waals surface area contributed by atoms with Crippen LogP contribution in [-0.2, 0) is 4.79 Å². The molecule has 5 nitrogen and oxygen atoms in total. The second-order valence-electron chi connectivity index (χ2n) is 3.96. The van der Waals surface area contributed by atoms with E-state index < -0.39 is 5.97 Å². The summed E-state index contributed by atoms with van der Waals surface area (Å²) >= 11 is 8.38. The molecule has 106 valence electrons. The Labute approximate surface area is 128 Å². The molecule has 8 heteroatoms. The first kappa shape index (κ1) is 15.1. The van der Waals surface area contributed by atoms with Gasteiger partial charge in [0.15, 0.2) is 5.16 Å². The lowest BCUT2D eigenvalue weighted by atomic mass is 10.3. The molecule has 0 radical (unpaired) electrons. The Kier molecular flexibility index (Phi) is 4.85. The van der Waals surface area contributed by atoms with E-state index in [-0.39, 0.29) is 17.4 Å². The number of carbonyl (C=O) groups is 1. The molecule has 20 heavy (non-hydrogen) atoms. The largest absolute Gasteiger partial charge is 0.481 e. The summed E-state index contributed by atoms with van der Waals surface area (Å²) in [5.41, 5.74) is -0.384. The number of rotatable bonds is 5. The smallest absolute Gasteiger partial charge is 0.313 e. The van der Waals surface area contributed by atoms with Crippen molar-refractivity contribution in [2.45, 2.75) is 18.1 Å². The third-order valence-electron chi connectivity index (χ3n) is 2.55. The van der Waals surface area contributed by atoms with Crippen LogP contribution in [0.25, 0.3) is 0 Å². The van der Waals surface area contributed by atoms with E-state index in [0.717, 1.165) is 16.6 Å². The van der Waals surface area contributed by atoms with E-state index in [2.05, 4.69) is 4.98 Å². The Morgan fingerprint density at radius 1 is 1.55 bits per heavy atom. The molecule has 0 aromatic carbocycles. The van der Waals surface area contributed by atoms with Crippen molar-refractivity contribution in [2.75, 3.05) is 5.75 Å². The summed E-state index contributed by atoms with van der Waals surface area (Å²) in [7, 11) is 0. The van der Waals surface area contributed by atoms with Gasteiger partial charge in [-0.05, 0) is 19.1 Å². The number of carboxylic acid groups (broad SMARTS) is 1. The fourth-order valence-electron chi connectivity index (χ4n) is 1.61. The Balaban J connectivity index is 2.34. The average Bonchev–Trinajstić information content (AvgIpc) is 2.82. The van der Waals surface area contributed by atoms with Gasteiger partial charge in [-0.15, -0.1) is 11.3 Å². The first-order valence-electron chi connectivity index (χ1n) is 5.66. The summed E-state index contributed by atoms with van der Waals surface area (Å²) in [6, 6.07) is 4.99. The minimum Gasteiger partial charge on any atom is -0.481 e. The molecule has 2 aromatic heterocycles. The van der Waals surface area contributed by atoms with Gasteiger partial charge in [-0.3, -0.25) is 9.59 Å². The molecule has 0 saturated heterocycles. The predicted octanol–water partition coefficient (Wildman–Crippen LogP) is 2.74. The molecule has 0 fully saturated rings. The van der Waals surface area contributed by atoms with E-state index in [9.17, 15) is 9.59 Å². The molecule has 0 bridgehead atoms. The van der Waals surface area contributed by atoms with E-state index in [4.69, 9.17) is 16.7 Å². The first-order valence-corrected chi connectivity index (χ1v) is 7.84. The van der Waals surface area contributed by atoms with Gasteiger partial charge in [-0.2, -0.15) is 4.98 Å². The zero-order valence-electron chi connectivity index (χ0n) is 10.4. The van der Waals surface area contributed by atoms with Crippen molar-refractivity contribution in [1.82, 2.24) is 9.55 Å². The van der Waals surface area contributed by atoms with Crippen LogP contribution >= 0.6 is 34.7 Å². The van der Waals surface area contributed by atoms with E-state index in [1.165, 1.54) is 17.4 Å². The highest BCUT2D eigenvalue weighted by atomic mass is 35.5. The van der Waals surface area contributed by atoms with Crippen LogP contribution < -0.4 is 5.56 Å². The topological polar surface area (TPSA) is 72.2 Å². The van der Waals surface area contributed by atoms with Gasteiger partial charge in [0.25, 0.3) is 5.56 Å². The highest BCUT2D eigenvalue weighted by Crippen LogP contribution is 2.30. The molecule has 0 aliphatic heterocycles. The zero-order chi connectivity index (χ0) is 14.7. The number of carboxylic acids is 1. The summed E-state index contributed by atoms with van der Waals surface area (Å²) in [6.07, 6.45) is 1.62. The molecule has 2 rings (SSSR count). The number of hydrogen-bond acceptors (Lipinski definition) is 5. The van der Waals surface area contributed by atoms with Crippen molar-refractivity contribution in [3.05, 3.63) is 44.0 Å². The van der Waals surface area contributed by atoms with Crippen molar-refractivity contribution >= 4 is 40.7 Å². The van der Waals surface area contributed by atoms with E-state index in [1.54, 1.807) is 16.8 Å². The summed E-state index contributed by atoms with van der Waals surface area (Å²) in [4.78, 5) is 26.9. The second kappa shape index (κ2) is 6.43. The van der Waals surface area contributed by atoms with Crippen LogP contribution in [0.1, 0.15) is 17.8 Å². The van der Waals surface area contributed by atoms with Crippen molar-refractivity contribution in [2.24, 2.45) is 0 Å². The Bertz CT molecular complexity index is 683. The summed E-state index contributed by atoms with van der Waals surface area (Å²) in [6.45, 7) is 1.94. The molecule has 2 heterocycles. The summed E-state index contributed by atoms with van der Waals surface area (Å²) in [5.74, 6) is -1.10. The molecular weight excluding hydrogens is 320 g/mol. The number of halogens is 1. The third-order valence-corrected chi connectivity index (χ3v) is 4.91. The lowest BCUT2D eigenvalue weighted by Crippen LogP contribution is -2.17. The number of aliphatic carboxylic acids is 1. The maximum Gasteiger partial charge on any atom is 0.313 e. The van der Waals surface area contributed by atoms with Gasteiger partial charge < -0.3 is 9.67 Å². The van der Waals surface area contributed by atoms with Crippen molar-refractivity contribution in [3.8, 4) is 0 Å². The van der Waals surface area contributed by atoms with Crippen molar-refractivity contribution < 1.29 is 9.90 Å². The average molecular weight is 331 g/mol. The van der Waals surface area contributed by atoms with Crippen LogP contribution in [0, 0.1) is 0 Å². The van der Waals surface area contributed by atoms with Crippen molar-refractivity contribution in [1.29, 1.82) is 0 Å². The Hall–Kier alpha value is -1.31. The minimum absolute atomic E-state index is 0.0723. The van der Waals surface area contributed by atoms with Gasteiger partial charge in [-0.25, -0.2) is 0 Å². The molecule has 1 atom stereocenters.